The van der Waals surface area contributed by atoms with Crippen molar-refractivity contribution in [2.75, 3.05) is 45.2 Å². The fraction of sp³-hybridized carbons (Fsp3) is 0.408. The number of carbonyl (C=O) groups is 5. The number of aliphatic hydroxyl groups excluding tert-OH is 2. The minimum Gasteiger partial charge on any atom is -0.507 e. The highest BCUT2D eigenvalue weighted by Crippen LogP contribution is 2.52. The molecule has 6 atom stereocenters. The quantitative estimate of drug-likeness (QED) is 0.0641. The van der Waals surface area contributed by atoms with Crippen LogP contribution in [0.4, 0.5) is 10.1 Å². The molecule has 0 spiro atoms. The number of hydrogen-bond acceptors (Lipinski definition) is 15. The maximum absolute atomic E-state index is 13.7. The Morgan fingerprint density at radius 2 is 1.75 bits per heavy atom. The highest BCUT2D eigenvalue weighted by Gasteiger charge is 2.50. The lowest BCUT2D eigenvalue weighted by Crippen LogP contribution is -2.53. The number of benzene rings is 3. The summed E-state index contributed by atoms with van der Waals surface area (Å²) in [6.45, 7) is 11.7. The number of phenolic OH excluding ortho intramolecular Hbond substituents is 2. The number of H-pyrrole nitrogens is 1. The standard InChI is InChI=1S/C27H29NO11.C22H27FN4O2/c1-10-22(31)13(28)6-17(38-10)39-15-8-27(36,16(30)9-29)7-12-19(15)26(35)21-20(24(12)33)23(32)11-4-3-5-14(37-2)18(11)25(21)34;1-5-27(6-2)10-9-24-22(29)20-13(3)19(25-14(20)4)12-17-16-11-15(23)7-8-18(16)26-21(17)28/h3-5,10,13,15,17,22,29,31,33,35-36H,6-9,28H2,1-2H3;7-8,11-12,25H,5-6,9-10H2,1-4H3,(H,24,29)(H,26,28)/b;17-12-/t10-,13-,15-,17-,22-,27-;/m0./s1. The van der Waals surface area contributed by atoms with Gasteiger partial charge in [0.15, 0.2) is 17.9 Å². The van der Waals surface area contributed by atoms with Gasteiger partial charge in [-0.05, 0) is 69.8 Å². The number of phenols is 2. The first-order valence-corrected chi connectivity index (χ1v) is 22.3. The number of aromatic amines is 1. The molecular formula is C49H56FN5O13. The summed E-state index contributed by atoms with van der Waals surface area (Å²) in [6.07, 6.45) is -3.45. The lowest BCUT2D eigenvalue weighted by atomic mass is 9.72. The van der Waals surface area contributed by atoms with Crippen LogP contribution < -0.4 is 21.1 Å². The van der Waals surface area contributed by atoms with Crippen molar-refractivity contribution in [1.82, 2.24) is 15.2 Å². The third-order valence-electron chi connectivity index (χ3n) is 13.2. The van der Waals surface area contributed by atoms with Crippen LogP contribution in [-0.4, -0.2) is 135 Å². The average Bonchev–Trinajstić information content (AvgIpc) is 3.77. The molecule has 0 radical (unpaired) electrons. The molecule has 0 saturated carbocycles. The molecule has 3 heterocycles. The van der Waals surface area contributed by atoms with Crippen molar-refractivity contribution in [3.05, 3.63) is 104 Å². The normalized spacial score (nSPS) is 23.3. The summed E-state index contributed by atoms with van der Waals surface area (Å²) in [5.74, 6) is -4.61. The molecule has 4 aliphatic rings. The van der Waals surface area contributed by atoms with Gasteiger partial charge in [0.05, 0.1) is 53.2 Å². The molecule has 362 valence electrons. The van der Waals surface area contributed by atoms with Crippen molar-refractivity contribution in [2.45, 2.75) is 90.1 Å². The molecule has 0 unspecified atom stereocenters. The number of methoxy groups -OCH3 is 1. The highest BCUT2D eigenvalue weighted by molar-refractivity contribution is 6.35. The molecule has 19 heteroatoms. The summed E-state index contributed by atoms with van der Waals surface area (Å²) in [5.41, 5.74) is 6.58. The topological polar surface area (TPSA) is 283 Å². The van der Waals surface area contributed by atoms with Gasteiger partial charge in [0.25, 0.3) is 11.8 Å². The van der Waals surface area contributed by atoms with Crippen LogP contribution in [0.1, 0.15) is 116 Å². The Morgan fingerprint density at radius 1 is 1.04 bits per heavy atom. The van der Waals surface area contributed by atoms with Crippen LogP contribution in [0.15, 0.2) is 36.4 Å². The summed E-state index contributed by atoms with van der Waals surface area (Å²) >= 11 is 0. The van der Waals surface area contributed by atoms with Gasteiger partial charge in [0.1, 0.15) is 35.3 Å². The number of halogens is 1. The van der Waals surface area contributed by atoms with Crippen molar-refractivity contribution in [1.29, 1.82) is 0 Å². The number of ether oxygens (including phenoxy) is 3. The van der Waals surface area contributed by atoms with Gasteiger partial charge in [-0.15, -0.1) is 0 Å². The first kappa shape index (κ1) is 49.6. The third-order valence-corrected chi connectivity index (χ3v) is 13.2. The lowest BCUT2D eigenvalue weighted by molar-refractivity contribution is -0.247. The van der Waals surface area contributed by atoms with E-state index in [1.54, 1.807) is 19.1 Å². The van der Waals surface area contributed by atoms with Gasteiger partial charge >= 0.3 is 0 Å². The summed E-state index contributed by atoms with van der Waals surface area (Å²) in [5, 5.41) is 59.4. The zero-order valence-corrected chi connectivity index (χ0v) is 38.5. The number of likely N-dealkylation sites (N-methyl/N-ethyl adjacent to an activating group) is 1. The molecule has 18 nitrogen and oxygen atoms in total. The molecule has 8 rings (SSSR count). The maximum Gasteiger partial charge on any atom is 0.256 e. The maximum atomic E-state index is 13.7. The number of nitrogens with one attached hydrogen (secondary N) is 3. The largest absolute Gasteiger partial charge is 0.507 e. The van der Waals surface area contributed by atoms with E-state index in [4.69, 9.17) is 19.9 Å². The minimum atomic E-state index is -2.24. The van der Waals surface area contributed by atoms with Gasteiger partial charge in [-0.3, -0.25) is 24.0 Å². The Balaban J connectivity index is 0.000000211. The molecule has 68 heavy (non-hydrogen) atoms. The van der Waals surface area contributed by atoms with Crippen LogP contribution in [0.2, 0.25) is 0 Å². The van der Waals surface area contributed by atoms with Gasteiger partial charge in [0.2, 0.25) is 5.78 Å². The van der Waals surface area contributed by atoms with Crippen LogP contribution in [0.25, 0.3) is 11.6 Å². The Bertz CT molecular complexity index is 2720. The SMILES string of the molecule is CCN(CC)CCNC(=O)c1c(C)[nH]c(/C=C2\C(=O)Nc3ccc(F)cc32)c1C.COc1cccc2c1C(=O)c1c(O)c3c(c(O)c1C2=O)C[C@@](O)(C(=O)CO)C[C@@H]3O[C@H]1C[C@H](N)[C@@H](O)[C@H](C)O1. The fourth-order valence-electron chi connectivity index (χ4n) is 9.41. The van der Waals surface area contributed by atoms with E-state index in [0.717, 1.165) is 30.9 Å². The molecule has 2 aliphatic heterocycles. The number of aromatic hydroxyl groups is 2. The van der Waals surface area contributed by atoms with E-state index < -0.39 is 101 Å². The molecule has 2 aliphatic carbocycles. The smallest absolute Gasteiger partial charge is 0.256 e. The Kier molecular flexibility index (Phi) is 14.4. The first-order valence-electron chi connectivity index (χ1n) is 22.3. The summed E-state index contributed by atoms with van der Waals surface area (Å²) in [7, 11) is 1.32. The number of hydrogen-bond donors (Lipinski definition) is 9. The molecule has 3 aromatic carbocycles. The third kappa shape index (κ3) is 9.05. The molecule has 4 aromatic rings. The fourth-order valence-corrected chi connectivity index (χ4v) is 9.41. The predicted molar refractivity (Wildman–Crippen MR) is 245 cm³/mol. The number of aromatic nitrogens is 1. The van der Waals surface area contributed by atoms with Crippen molar-refractivity contribution in [3.63, 3.8) is 0 Å². The second kappa shape index (κ2) is 19.7. The van der Waals surface area contributed by atoms with E-state index in [1.165, 1.54) is 37.4 Å². The van der Waals surface area contributed by atoms with Gasteiger partial charge < -0.3 is 66.0 Å². The average molecular weight is 942 g/mol. The molecule has 10 N–H and O–H groups in total. The van der Waals surface area contributed by atoms with Crippen molar-refractivity contribution >= 4 is 46.5 Å². The first-order chi connectivity index (χ1) is 32.3. The number of nitrogens with two attached hydrogens (primary N) is 1. The van der Waals surface area contributed by atoms with Crippen LogP contribution in [0.3, 0.4) is 0 Å². The molecule has 2 amide bonds. The van der Waals surface area contributed by atoms with Crippen LogP contribution in [-0.2, 0) is 25.5 Å². The monoisotopic (exact) mass is 941 g/mol. The van der Waals surface area contributed by atoms with Gasteiger partial charge in [-0.2, -0.15) is 0 Å². The number of rotatable bonds is 12. The van der Waals surface area contributed by atoms with E-state index in [9.17, 15) is 53.9 Å². The van der Waals surface area contributed by atoms with Gasteiger partial charge in [-0.1, -0.05) is 26.0 Å². The number of fused-ring (bicyclic) bond motifs is 4. The van der Waals surface area contributed by atoms with E-state index in [2.05, 4.69) is 34.4 Å². The lowest BCUT2D eigenvalue weighted by Gasteiger charge is -2.42. The van der Waals surface area contributed by atoms with Crippen LogP contribution in [0, 0.1) is 19.7 Å². The van der Waals surface area contributed by atoms with E-state index >= 15 is 0 Å². The summed E-state index contributed by atoms with van der Waals surface area (Å²) in [6, 6.07) is 7.83. The van der Waals surface area contributed by atoms with Crippen LogP contribution >= 0.6 is 0 Å². The zero-order valence-electron chi connectivity index (χ0n) is 38.5. The Hall–Kier alpha value is -6.32. The van der Waals surface area contributed by atoms with E-state index in [1.807, 2.05) is 13.8 Å². The number of Topliss-reactive ketones (excluding diaryl/α,β-unsaturated/α-hetero) is 1. The Labute approximate surface area is 390 Å². The van der Waals surface area contributed by atoms with Crippen molar-refractivity contribution in [3.8, 4) is 17.2 Å². The molecule has 1 fully saturated rings. The number of aryl methyl sites for hydroxylation is 1. The number of amides is 2. The number of aliphatic hydroxyl groups is 3. The molecular weight excluding hydrogens is 886 g/mol. The summed E-state index contributed by atoms with van der Waals surface area (Å²) in [4.78, 5) is 70.2. The predicted octanol–water partition coefficient (Wildman–Crippen LogP) is 3.34. The minimum absolute atomic E-state index is 0.0173. The van der Waals surface area contributed by atoms with Crippen molar-refractivity contribution < 1.29 is 68.1 Å². The number of carbonyl (C=O) groups excluding carboxylic acids is 5. The zero-order chi connectivity index (χ0) is 49.5. The number of anilines is 1. The molecule has 1 aromatic heterocycles. The summed E-state index contributed by atoms with van der Waals surface area (Å²) < 4.78 is 30.6. The van der Waals surface area contributed by atoms with Crippen LogP contribution in [0.5, 0.6) is 17.2 Å². The highest BCUT2D eigenvalue weighted by atomic mass is 19.1. The van der Waals surface area contributed by atoms with Gasteiger partial charge in [0, 0.05) is 77.7 Å². The number of nitrogens with zero attached hydrogens (tertiary/aromatic N) is 1. The van der Waals surface area contributed by atoms with Crippen molar-refractivity contribution in [2.24, 2.45) is 5.73 Å². The van der Waals surface area contributed by atoms with Gasteiger partial charge in [-0.25, -0.2) is 4.39 Å². The molecule has 1 saturated heterocycles. The number of ketones is 3. The second-order valence-electron chi connectivity index (χ2n) is 17.3. The second-order valence-corrected chi connectivity index (χ2v) is 17.3. The Morgan fingerprint density at radius 3 is 2.41 bits per heavy atom. The van der Waals surface area contributed by atoms with E-state index in [-0.39, 0.29) is 46.2 Å². The van der Waals surface area contributed by atoms with E-state index in [0.29, 0.717) is 34.6 Å². The molecule has 0 bridgehead atoms.